The molecule has 24 heavy (non-hydrogen) atoms. The highest BCUT2D eigenvalue weighted by molar-refractivity contribution is 7.91. The minimum atomic E-state index is -3.48. The molecule has 0 fully saturated rings. The summed E-state index contributed by atoms with van der Waals surface area (Å²) in [5.74, 6) is -0.180. The summed E-state index contributed by atoms with van der Waals surface area (Å²) in [7, 11) is -3.48. The van der Waals surface area contributed by atoms with Crippen LogP contribution < -0.4 is 10.6 Å². The number of urea groups is 1. The van der Waals surface area contributed by atoms with Gasteiger partial charge in [-0.1, -0.05) is 47.5 Å². The lowest BCUT2D eigenvalue weighted by atomic mass is 10.2. The first kappa shape index (κ1) is 18.3. The van der Waals surface area contributed by atoms with Crippen LogP contribution in [0.2, 0.25) is 0 Å². The number of carbonyl (C=O) groups is 1. The van der Waals surface area contributed by atoms with E-state index in [4.69, 9.17) is 17.3 Å². The molecule has 1 unspecified atom stereocenters. The Morgan fingerprint density at radius 3 is 2.25 bits per heavy atom. The van der Waals surface area contributed by atoms with E-state index in [2.05, 4.69) is 0 Å². The van der Waals surface area contributed by atoms with Gasteiger partial charge in [-0.15, -0.1) is 0 Å². The van der Waals surface area contributed by atoms with E-state index in [0.717, 1.165) is 5.56 Å². The molecule has 1 atom stereocenters. The molecule has 2 N–H and O–H groups in total. The van der Waals surface area contributed by atoms with Crippen LogP contribution in [0.15, 0.2) is 59.5 Å². The van der Waals surface area contributed by atoms with Crippen molar-refractivity contribution < 1.29 is 13.2 Å². The van der Waals surface area contributed by atoms with Crippen molar-refractivity contribution in [1.82, 2.24) is 0 Å². The molecule has 2 aromatic carbocycles. The maximum Gasteiger partial charge on any atom is 0.320 e. The van der Waals surface area contributed by atoms with Gasteiger partial charge in [0.05, 0.1) is 10.6 Å². The number of halogens is 1. The highest BCUT2D eigenvalue weighted by Gasteiger charge is 2.24. The highest BCUT2D eigenvalue weighted by atomic mass is 35.5. The van der Waals surface area contributed by atoms with Crippen molar-refractivity contribution in [3.8, 4) is 0 Å². The second-order valence-corrected chi connectivity index (χ2v) is 8.01. The van der Waals surface area contributed by atoms with Gasteiger partial charge < -0.3 is 5.73 Å². The molecule has 2 rings (SSSR count). The molecule has 128 valence electrons. The quantitative estimate of drug-likeness (QED) is 0.629. The van der Waals surface area contributed by atoms with Crippen LogP contribution in [0.5, 0.6) is 0 Å². The van der Waals surface area contributed by atoms with Gasteiger partial charge in [0.15, 0.2) is 9.84 Å². The van der Waals surface area contributed by atoms with E-state index in [-0.39, 0.29) is 17.1 Å². The summed E-state index contributed by atoms with van der Waals surface area (Å²) in [5.41, 5.74) is 6.04. The molecule has 0 aliphatic heterocycles. The predicted molar refractivity (Wildman–Crippen MR) is 96.0 cm³/mol. The zero-order chi connectivity index (χ0) is 17.7. The third kappa shape index (κ3) is 4.49. The summed E-state index contributed by atoms with van der Waals surface area (Å²) in [6.07, 6.45) is 0.0651. The smallest absolute Gasteiger partial charge is 0.320 e. The number of amides is 2. The van der Waals surface area contributed by atoms with Gasteiger partial charge in [0.2, 0.25) is 0 Å². The maximum atomic E-state index is 12.4. The monoisotopic (exact) mass is 366 g/mol. The van der Waals surface area contributed by atoms with Gasteiger partial charge in [0, 0.05) is 5.69 Å². The third-order valence-corrected chi connectivity index (χ3v) is 5.73. The normalized spacial score (nSPS) is 12.6. The summed E-state index contributed by atoms with van der Waals surface area (Å²) in [6.45, 7) is 1.88. The Bertz CT molecular complexity index is 792. The Morgan fingerprint density at radius 2 is 1.71 bits per heavy atom. The molecule has 0 spiro atoms. The molecular formula is C17H19ClN2O3S. The van der Waals surface area contributed by atoms with E-state index in [0.29, 0.717) is 5.69 Å². The van der Waals surface area contributed by atoms with Gasteiger partial charge in [-0.3, -0.25) is 4.90 Å². The van der Waals surface area contributed by atoms with Crippen LogP contribution in [0, 0.1) is 6.92 Å². The van der Waals surface area contributed by atoms with Crippen LogP contribution in [0.3, 0.4) is 0 Å². The number of rotatable bonds is 6. The van der Waals surface area contributed by atoms with E-state index in [1.807, 2.05) is 6.92 Å². The fraction of sp³-hybridized carbons (Fsp3) is 0.235. The first-order chi connectivity index (χ1) is 11.3. The van der Waals surface area contributed by atoms with Crippen LogP contribution in [0.4, 0.5) is 10.5 Å². The summed E-state index contributed by atoms with van der Waals surface area (Å²) in [5, 5.41) is 0. The zero-order valence-corrected chi connectivity index (χ0v) is 14.8. The molecule has 0 radical (unpaired) electrons. The Hall–Kier alpha value is -2.05. The summed E-state index contributed by atoms with van der Waals surface area (Å²) < 4.78 is 24.8. The molecule has 0 heterocycles. The first-order valence-electron chi connectivity index (χ1n) is 7.38. The van der Waals surface area contributed by atoms with Gasteiger partial charge in [0.1, 0.15) is 5.50 Å². The predicted octanol–water partition coefficient (Wildman–Crippen LogP) is 3.31. The maximum absolute atomic E-state index is 12.4. The molecule has 5 nitrogen and oxygen atoms in total. The standard InChI is InChI=1S/C17H19ClN2O3S/c1-13-7-9-15(10-8-13)24(22,23)12-11-16(18)20(17(19)21)14-5-3-2-4-6-14/h2-10,16H,11-12H2,1H3,(H2,19,21). The number of benzene rings is 2. The van der Waals surface area contributed by atoms with Crippen molar-refractivity contribution in [2.24, 2.45) is 5.73 Å². The number of alkyl halides is 1. The molecule has 2 aromatic rings. The minimum Gasteiger partial charge on any atom is -0.351 e. The number of hydrogen-bond donors (Lipinski definition) is 1. The lowest BCUT2D eigenvalue weighted by Crippen LogP contribution is -2.42. The average molecular weight is 367 g/mol. The highest BCUT2D eigenvalue weighted by Crippen LogP contribution is 2.22. The number of anilines is 1. The molecule has 0 aliphatic rings. The number of nitrogens with two attached hydrogens (primary N) is 1. The molecule has 0 saturated heterocycles. The van der Waals surface area contributed by atoms with Crippen LogP contribution in [-0.2, 0) is 9.84 Å². The Kier molecular flexibility index (Phi) is 5.85. The van der Waals surface area contributed by atoms with E-state index >= 15 is 0 Å². The van der Waals surface area contributed by atoms with E-state index in [1.54, 1.807) is 54.6 Å². The number of carbonyl (C=O) groups excluding carboxylic acids is 1. The Balaban J connectivity index is 2.11. The van der Waals surface area contributed by atoms with Crippen LogP contribution >= 0.6 is 11.6 Å². The molecule has 2 amide bonds. The molecule has 0 aromatic heterocycles. The van der Waals surface area contributed by atoms with Gasteiger partial charge in [-0.25, -0.2) is 13.2 Å². The van der Waals surface area contributed by atoms with Crippen molar-refractivity contribution in [2.75, 3.05) is 10.7 Å². The number of aryl methyl sites for hydroxylation is 1. The molecule has 0 aliphatic carbocycles. The van der Waals surface area contributed by atoms with Crippen molar-refractivity contribution in [3.63, 3.8) is 0 Å². The Labute approximate surface area is 147 Å². The third-order valence-electron chi connectivity index (χ3n) is 3.56. The number of para-hydroxylation sites is 1. The van der Waals surface area contributed by atoms with Gasteiger partial charge in [-0.05, 0) is 37.6 Å². The first-order valence-corrected chi connectivity index (χ1v) is 9.47. The van der Waals surface area contributed by atoms with Gasteiger partial charge >= 0.3 is 6.03 Å². The van der Waals surface area contributed by atoms with Crippen molar-refractivity contribution >= 4 is 33.2 Å². The second-order valence-electron chi connectivity index (χ2n) is 5.40. The van der Waals surface area contributed by atoms with E-state index in [9.17, 15) is 13.2 Å². The largest absolute Gasteiger partial charge is 0.351 e. The molecule has 7 heteroatoms. The molecule has 0 bridgehead atoms. The fourth-order valence-corrected chi connectivity index (χ4v) is 4.03. The van der Waals surface area contributed by atoms with E-state index in [1.165, 1.54) is 4.90 Å². The van der Waals surface area contributed by atoms with Crippen LogP contribution in [0.25, 0.3) is 0 Å². The number of sulfone groups is 1. The molecule has 0 saturated carbocycles. The second kappa shape index (κ2) is 7.68. The summed E-state index contributed by atoms with van der Waals surface area (Å²) >= 11 is 6.26. The summed E-state index contributed by atoms with van der Waals surface area (Å²) in [6, 6.07) is 14.6. The van der Waals surface area contributed by atoms with Crippen LogP contribution in [0.1, 0.15) is 12.0 Å². The SMILES string of the molecule is Cc1ccc(S(=O)(=O)CCC(Cl)N(C(N)=O)c2ccccc2)cc1. The summed E-state index contributed by atoms with van der Waals surface area (Å²) in [4.78, 5) is 13.1. The Morgan fingerprint density at radius 1 is 1.12 bits per heavy atom. The van der Waals surface area contributed by atoms with Crippen LogP contribution in [-0.4, -0.2) is 25.7 Å². The van der Waals surface area contributed by atoms with Gasteiger partial charge in [-0.2, -0.15) is 0 Å². The molecular weight excluding hydrogens is 348 g/mol. The van der Waals surface area contributed by atoms with Crippen molar-refractivity contribution in [1.29, 1.82) is 0 Å². The fourth-order valence-electron chi connectivity index (χ4n) is 2.26. The van der Waals surface area contributed by atoms with Crippen molar-refractivity contribution in [3.05, 3.63) is 60.2 Å². The van der Waals surface area contributed by atoms with E-state index < -0.39 is 21.4 Å². The average Bonchev–Trinajstić information content (AvgIpc) is 2.54. The topological polar surface area (TPSA) is 80.5 Å². The number of primary amides is 1. The zero-order valence-electron chi connectivity index (χ0n) is 13.2. The number of nitrogens with zero attached hydrogens (tertiary/aromatic N) is 1. The minimum absolute atomic E-state index is 0.0651. The van der Waals surface area contributed by atoms with Crippen molar-refractivity contribution in [2.45, 2.75) is 23.7 Å². The number of hydrogen-bond acceptors (Lipinski definition) is 3. The lowest BCUT2D eigenvalue weighted by Gasteiger charge is -2.25. The lowest BCUT2D eigenvalue weighted by molar-refractivity contribution is 0.253. The van der Waals surface area contributed by atoms with Gasteiger partial charge in [0.25, 0.3) is 0 Å².